The maximum Gasteiger partial charge on any atom is 0.245 e. The minimum absolute atomic E-state index is 0. The zero-order valence-corrected chi connectivity index (χ0v) is 13.9. The van der Waals surface area contributed by atoms with Crippen LogP contribution >= 0.6 is 12.4 Å². The lowest BCUT2D eigenvalue weighted by atomic mass is 10.1. The van der Waals surface area contributed by atoms with Crippen LogP contribution in [0.15, 0.2) is 10.6 Å². The van der Waals surface area contributed by atoms with E-state index < -0.39 is 0 Å². The van der Waals surface area contributed by atoms with Gasteiger partial charge in [-0.15, -0.1) is 12.4 Å². The number of nitrogens with zero attached hydrogens (tertiary/aromatic N) is 2. The Labute approximate surface area is 137 Å². The van der Waals surface area contributed by atoms with Gasteiger partial charge in [0.1, 0.15) is 5.76 Å². The van der Waals surface area contributed by atoms with E-state index in [9.17, 15) is 9.59 Å². The summed E-state index contributed by atoms with van der Waals surface area (Å²) in [4.78, 5) is 25.0. The van der Waals surface area contributed by atoms with Crippen LogP contribution in [0.3, 0.4) is 0 Å². The van der Waals surface area contributed by atoms with Crippen molar-refractivity contribution in [2.45, 2.75) is 39.0 Å². The molecule has 8 heteroatoms. The minimum atomic E-state index is -0.290. The third-order valence-corrected chi connectivity index (χ3v) is 3.05. The maximum atomic E-state index is 11.9. The van der Waals surface area contributed by atoms with E-state index in [0.717, 1.165) is 25.7 Å². The van der Waals surface area contributed by atoms with Gasteiger partial charge < -0.3 is 20.5 Å². The lowest BCUT2D eigenvalue weighted by Crippen LogP contribution is -2.34. The van der Waals surface area contributed by atoms with Crippen LogP contribution in [0.4, 0.5) is 5.82 Å². The SMILES string of the molecule is Cc1cc(NC(=O)CN(C)C(=O)CCCCCCN)no1.Cl. The van der Waals surface area contributed by atoms with E-state index in [4.69, 9.17) is 10.3 Å². The van der Waals surface area contributed by atoms with E-state index in [2.05, 4.69) is 10.5 Å². The Morgan fingerprint density at radius 1 is 1.32 bits per heavy atom. The van der Waals surface area contributed by atoms with E-state index >= 15 is 0 Å². The lowest BCUT2D eigenvalue weighted by Gasteiger charge is -2.16. The summed E-state index contributed by atoms with van der Waals surface area (Å²) >= 11 is 0. The standard InChI is InChI=1S/C14H24N4O3.ClH/c1-11-9-12(17-21-11)16-13(19)10-18(2)14(20)7-5-3-4-6-8-15;/h9H,3-8,10,15H2,1-2H3,(H,16,17,19);1H. The normalized spacial score (nSPS) is 9.95. The quantitative estimate of drug-likeness (QED) is 0.670. The second-order valence-electron chi connectivity index (χ2n) is 5.07. The Kier molecular flexibility index (Phi) is 10.2. The van der Waals surface area contributed by atoms with Gasteiger partial charge in [-0.2, -0.15) is 0 Å². The predicted molar refractivity (Wildman–Crippen MR) is 86.9 cm³/mol. The number of hydrogen-bond acceptors (Lipinski definition) is 5. The van der Waals surface area contributed by atoms with Crippen LogP contribution in [0.2, 0.25) is 0 Å². The molecule has 0 spiro atoms. The number of hydrogen-bond donors (Lipinski definition) is 2. The summed E-state index contributed by atoms with van der Waals surface area (Å²) in [5.74, 6) is 0.656. The summed E-state index contributed by atoms with van der Waals surface area (Å²) in [5, 5.41) is 6.25. The molecule has 0 fully saturated rings. The number of halogens is 1. The fourth-order valence-electron chi connectivity index (χ4n) is 1.88. The molecule has 0 aliphatic rings. The summed E-state index contributed by atoms with van der Waals surface area (Å²) in [6, 6.07) is 1.62. The number of anilines is 1. The topological polar surface area (TPSA) is 101 Å². The third kappa shape index (κ3) is 7.99. The van der Waals surface area contributed by atoms with Gasteiger partial charge in [0, 0.05) is 19.5 Å². The molecule has 22 heavy (non-hydrogen) atoms. The van der Waals surface area contributed by atoms with Gasteiger partial charge >= 0.3 is 0 Å². The van der Waals surface area contributed by atoms with E-state index in [1.165, 1.54) is 4.90 Å². The number of aromatic nitrogens is 1. The number of carbonyl (C=O) groups is 2. The lowest BCUT2D eigenvalue weighted by molar-refractivity contribution is -0.133. The molecule has 2 amide bonds. The smallest absolute Gasteiger partial charge is 0.245 e. The second kappa shape index (κ2) is 11.0. The van der Waals surface area contributed by atoms with Crippen LogP contribution in [-0.2, 0) is 9.59 Å². The number of rotatable bonds is 9. The number of carbonyl (C=O) groups excluding carboxylic acids is 2. The monoisotopic (exact) mass is 332 g/mol. The molecule has 0 radical (unpaired) electrons. The zero-order valence-electron chi connectivity index (χ0n) is 13.1. The molecule has 0 aliphatic heterocycles. The van der Waals surface area contributed by atoms with Crippen LogP contribution in [0, 0.1) is 6.92 Å². The first-order valence-electron chi connectivity index (χ1n) is 7.20. The van der Waals surface area contributed by atoms with Gasteiger partial charge in [0.25, 0.3) is 0 Å². The van der Waals surface area contributed by atoms with Crippen LogP contribution in [0.1, 0.15) is 37.9 Å². The molecule has 0 saturated carbocycles. The number of nitrogens with one attached hydrogen (secondary N) is 1. The van der Waals surface area contributed by atoms with E-state index in [0.29, 0.717) is 24.5 Å². The molecule has 1 aromatic rings. The highest BCUT2D eigenvalue weighted by Gasteiger charge is 2.13. The van der Waals surface area contributed by atoms with Crippen LogP contribution in [0.5, 0.6) is 0 Å². The van der Waals surface area contributed by atoms with Crippen LogP contribution in [-0.4, -0.2) is 42.0 Å². The summed E-state index contributed by atoms with van der Waals surface area (Å²) < 4.78 is 4.85. The van der Waals surface area contributed by atoms with Crippen molar-refractivity contribution in [1.82, 2.24) is 10.1 Å². The van der Waals surface area contributed by atoms with Crippen molar-refractivity contribution in [2.75, 3.05) is 25.5 Å². The summed E-state index contributed by atoms with van der Waals surface area (Å²) in [7, 11) is 1.62. The van der Waals surface area contributed by atoms with Crippen molar-refractivity contribution < 1.29 is 14.1 Å². The number of nitrogens with two attached hydrogens (primary N) is 1. The average Bonchev–Trinajstić information content (AvgIpc) is 2.83. The summed E-state index contributed by atoms with van der Waals surface area (Å²) in [6.45, 7) is 2.44. The highest BCUT2D eigenvalue weighted by Crippen LogP contribution is 2.07. The number of aryl methyl sites for hydroxylation is 1. The Hall–Kier alpha value is -1.60. The second-order valence-corrected chi connectivity index (χ2v) is 5.07. The predicted octanol–water partition coefficient (Wildman–Crippen LogP) is 1.71. The van der Waals surface area contributed by atoms with Gasteiger partial charge in [-0.25, -0.2) is 0 Å². The third-order valence-electron chi connectivity index (χ3n) is 3.05. The molecule has 0 aliphatic carbocycles. The van der Waals surface area contributed by atoms with Crippen LogP contribution in [0.25, 0.3) is 0 Å². The fourth-order valence-corrected chi connectivity index (χ4v) is 1.88. The molecule has 0 unspecified atom stereocenters. The van der Waals surface area contributed by atoms with Crippen molar-refractivity contribution in [3.05, 3.63) is 11.8 Å². The Morgan fingerprint density at radius 3 is 2.59 bits per heavy atom. The van der Waals surface area contributed by atoms with Gasteiger partial charge in [-0.3, -0.25) is 9.59 Å². The molecule has 126 valence electrons. The van der Waals surface area contributed by atoms with E-state index in [1.54, 1.807) is 20.0 Å². The Morgan fingerprint density at radius 2 is 2.00 bits per heavy atom. The van der Waals surface area contributed by atoms with Gasteiger partial charge in [0.2, 0.25) is 11.8 Å². The first-order valence-corrected chi connectivity index (χ1v) is 7.20. The fraction of sp³-hybridized carbons (Fsp3) is 0.643. The summed E-state index contributed by atoms with van der Waals surface area (Å²) in [5.41, 5.74) is 5.41. The number of likely N-dealkylation sites (N-methyl/N-ethyl adjacent to an activating group) is 1. The first-order chi connectivity index (χ1) is 10.0. The van der Waals surface area contributed by atoms with E-state index in [-0.39, 0.29) is 30.8 Å². The molecule has 7 nitrogen and oxygen atoms in total. The van der Waals surface area contributed by atoms with Crippen LogP contribution < -0.4 is 11.1 Å². The molecule has 0 bridgehead atoms. The molecule has 0 saturated heterocycles. The molecular weight excluding hydrogens is 308 g/mol. The number of amides is 2. The first kappa shape index (κ1) is 20.4. The van der Waals surface area contributed by atoms with Crippen molar-refractivity contribution in [2.24, 2.45) is 5.73 Å². The largest absolute Gasteiger partial charge is 0.360 e. The van der Waals surface area contributed by atoms with Gasteiger partial charge in [-0.05, 0) is 26.3 Å². The molecule has 1 rings (SSSR count). The molecule has 3 N–H and O–H groups in total. The van der Waals surface area contributed by atoms with Crippen molar-refractivity contribution in [3.8, 4) is 0 Å². The number of unbranched alkanes of at least 4 members (excludes halogenated alkanes) is 3. The summed E-state index contributed by atoms with van der Waals surface area (Å²) in [6.07, 6.45) is 4.30. The van der Waals surface area contributed by atoms with Gasteiger partial charge in [-0.1, -0.05) is 18.0 Å². The molecule has 1 aromatic heterocycles. The zero-order chi connectivity index (χ0) is 15.7. The average molecular weight is 333 g/mol. The van der Waals surface area contributed by atoms with Gasteiger partial charge in [0.15, 0.2) is 5.82 Å². The highest BCUT2D eigenvalue weighted by atomic mass is 35.5. The van der Waals surface area contributed by atoms with Crippen molar-refractivity contribution >= 4 is 30.0 Å². The molecule has 0 atom stereocenters. The molecular formula is C14H25ClN4O3. The minimum Gasteiger partial charge on any atom is -0.360 e. The molecule has 0 aromatic carbocycles. The van der Waals surface area contributed by atoms with Gasteiger partial charge in [0.05, 0.1) is 6.54 Å². The van der Waals surface area contributed by atoms with Crippen molar-refractivity contribution in [1.29, 1.82) is 0 Å². The Bertz CT molecular complexity index is 465. The maximum absolute atomic E-state index is 11.9. The Balaban J connectivity index is 0.00000441. The highest BCUT2D eigenvalue weighted by molar-refractivity contribution is 5.93. The van der Waals surface area contributed by atoms with E-state index in [1.807, 2.05) is 0 Å². The molecule has 1 heterocycles. The van der Waals surface area contributed by atoms with Crippen molar-refractivity contribution in [3.63, 3.8) is 0 Å².